The Kier molecular flexibility index (Phi) is 29.4. The number of benzene rings is 1. The third kappa shape index (κ3) is 25.2. The summed E-state index contributed by atoms with van der Waals surface area (Å²) in [5.41, 5.74) is 3.72. The number of aryl methyl sites for hydroxylation is 3. The standard InChI is InChI=1S/C32H43N9O6.C20H21N9O.C19H30O8S/c1-24-6-7-26(34-21-24)41-27(36-31(43)25-22-35-40-9-5-8-33-30(25)40)20-28(37-41)39-12-10-38(11-13-39)14-15-44-16-17-45-18-19-46-23-29(42)47-32(2,3)4;1-14-3-4-16(23-12-14)29-17(11-18(26-29)27-9-6-21-7-10-27)25-20(30)15-13-24-28-8-2-5-22-19(15)28;1-16-5-7-17(8-6-16)28(21,22)26-14-13-24-10-9-23-11-12-25-15-18(20)27-19(2,3)4/h5-9,20-22H,10-19,23H2,1-4H3,(H,36,43);2-5,8,11-13,21H,6-7,9-10H2,1H3,(H,25,30);5-8H,9-15H2,1-4H3. The van der Waals surface area contributed by atoms with Gasteiger partial charge < -0.3 is 63.6 Å². The average molecular weight is 1470 g/mol. The van der Waals surface area contributed by atoms with E-state index in [0.717, 1.165) is 87.2 Å². The molecule has 2 aliphatic heterocycles. The van der Waals surface area contributed by atoms with Crippen LogP contribution in [0.3, 0.4) is 0 Å². The van der Waals surface area contributed by atoms with E-state index < -0.39 is 27.3 Å². The van der Waals surface area contributed by atoms with Crippen molar-refractivity contribution in [2.75, 3.05) is 165 Å². The summed E-state index contributed by atoms with van der Waals surface area (Å²) in [6.45, 7) is 27.5. The second kappa shape index (κ2) is 38.8. The highest BCUT2D eigenvalue weighted by molar-refractivity contribution is 7.86. The van der Waals surface area contributed by atoms with Gasteiger partial charge in [0.1, 0.15) is 47.2 Å². The fraction of sp³-hybridized carbons (Fsp3) is 0.465. The summed E-state index contributed by atoms with van der Waals surface area (Å²) in [6, 6.07) is 21.4. The number of pyridine rings is 2. The Morgan fingerprint density at radius 3 is 1.34 bits per heavy atom. The number of carbonyl (C=O) groups excluding carboxylic acids is 4. The summed E-state index contributed by atoms with van der Waals surface area (Å²) < 4.78 is 77.8. The monoisotopic (exact) mass is 1470 g/mol. The lowest BCUT2D eigenvalue weighted by Crippen LogP contribution is -2.47. The van der Waals surface area contributed by atoms with E-state index in [2.05, 4.69) is 60.8 Å². The maximum atomic E-state index is 13.3. The first-order valence-electron chi connectivity index (χ1n) is 34.5. The van der Waals surface area contributed by atoms with Crippen LogP contribution in [0.5, 0.6) is 0 Å². The molecule has 33 nitrogen and oxygen atoms in total. The van der Waals surface area contributed by atoms with E-state index >= 15 is 0 Å². The Balaban J connectivity index is 0.000000192. The van der Waals surface area contributed by atoms with Crippen LogP contribution in [-0.4, -0.2) is 252 Å². The third-order valence-electron chi connectivity index (χ3n) is 15.4. The molecule has 3 N–H and O–H groups in total. The summed E-state index contributed by atoms with van der Waals surface area (Å²) in [5.74, 6) is 2.39. The number of anilines is 4. The zero-order valence-corrected chi connectivity index (χ0v) is 61.7. The van der Waals surface area contributed by atoms with Gasteiger partial charge in [-0.25, -0.2) is 38.6 Å². The minimum atomic E-state index is -3.77. The van der Waals surface area contributed by atoms with Crippen molar-refractivity contribution in [1.82, 2.24) is 68.9 Å². The highest BCUT2D eigenvalue weighted by atomic mass is 32.2. The van der Waals surface area contributed by atoms with Gasteiger partial charge in [0.15, 0.2) is 34.6 Å². The van der Waals surface area contributed by atoms with Crippen LogP contribution in [0, 0.1) is 20.8 Å². The van der Waals surface area contributed by atoms with Crippen molar-refractivity contribution in [1.29, 1.82) is 0 Å². The van der Waals surface area contributed by atoms with E-state index in [1.54, 1.807) is 101 Å². The lowest BCUT2D eigenvalue weighted by atomic mass is 10.2. The molecule has 9 aromatic rings. The van der Waals surface area contributed by atoms with Crippen LogP contribution in [0.1, 0.15) is 78.9 Å². The Bertz CT molecular complexity index is 4330. The summed E-state index contributed by atoms with van der Waals surface area (Å²) in [5, 5.41) is 27.3. The molecule has 0 bridgehead atoms. The van der Waals surface area contributed by atoms with Gasteiger partial charge in [-0.15, -0.1) is 10.2 Å². The number of carbonyl (C=O) groups is 4. The first-order chi connectivity index (χ1) is 50.4. The van der Waals surface area contributed by atoms with Crippen molar-refractivity contribution in [3.8, 4) is 11.6 Å². The molecule has 0 saturated carbocycles. The second-order valence-corrected chi connectivity index (χ2v) is 27.8. The van der Waals surface area contributed by atoms with Crippen molar-refractivity contribution in [2.45, 2.75) is 78.4 Å². The molecule has 0 unspecified atom stereocenters. The molecule has 0 atom stereocenters. The number of rotatable bonds is 32. The van der Waals surface area contributed by atoms with Crippen molar-refractivity contribution in [3.05, 3.63) is 150 Å². The highest BCUT2D eigenvalue weighted by Gasteiger charge is 2.26. The van der Waals surface area contributed by atoms with E-state index in [1.165, 1.54) is 24.5 Å². The van der Waals surface area contributed by atoms with Crippen LogP contribution < -0.4 is 25.8 Å². The molecule has 564 valence electrons. The molecular weight excluding hydrogens is 1380 g/mol. The third-order valence-corrected chi connectivity index (χ3v) is 16.7. The number of aromatic nitrogens is 12. The van der Waals surface area contributed by atoms with E-state index in [0.29, 0.717) is 98.5 Å². The molecule has 2 amide bonds. The first kappa shape index (κ1) is 79.4. The summed E-state index contributed by atoms with van der Waals surface area (Å²) in [6.07, 6.45) is 13.3. The van der Waals surface area contributed by atoms with E-state index in [1.807, 2.05) is 77.9 Å². The fourth-order valence-corrected chi connectivity index (χ4v) is 11.2. The molecule has 105 heavy (non-hydrogen) atoms. The number of hydrogen-bond acceptors (Lipinski definition) is 27. The lowest BCUT2D eigenvalue weighted by molar-refractivity contribution is -0.161. The highest BCUT2D eigenvalue weighted by Crippen LogP contribution is 2.27. The molecule has 2 aliphatic rings. The smallest absolute Gasteiger partial charge is 0.332 e. The van der Waals surface area contributed by atoms with Crippen molar-refractivity contribution in [3.63, 3.8) is 0 Å². The van der Waals surface area contributed by atoms with E-state index in [4.69, 9.17) is 52.3 Å². The number of nitrogens with one attached hydrogen (secondary N) is 3. The van der Waals surface area contributed by atoms with Gasteiger partial charge >= 0.3 is 11.9 Å². The molecule has 2 saturated heterocycles. The zero-order chi connectivity index (χ0) is 74.8. The Hall–Kier alpha value is -9.75. The molecule has 10 heterocycles. The number of fused-ring (bicyclic) bond motifs is 2. The fourth-order valence-electron chi connectivity index (χ4n) is 10.3. The van der Waals surface area contributed by atoms with Gasteiger partial charge in [-0.1, -0.05) is 29.8 Å². The van der Waals surface area contributed by atoms with Crippen LogP contribution in [0.15, 0.2) is 127 Å². The molecule has 34 heteroatoms. The minimum Gasteiger partial charge on any atom is -0.458 e. The SMILES string of the molecule is Cc1ccc(-n2nc(N3CCN(CCOCCOCCOCC(=O)OC(C)(C)C)CC3)cc2NC(=O)c2cnn3cccnc23)nc1.Cc1ccc(-n2nc(N3CCNCC3)cc2NC(=O)c2cnn3cccnc23)nc1.Cc1ccc(S(=O)(=O)OCCOCCOCCOCC(=O)OC(C)(C)C)cc1. The summed E-state index contributed by atoms with van der Waals surface area (Å²) in [7, 11) is -3.77. The topological polar surface area (TPSA) is 353 Å². The van der Waals surface area contributed by atoms with Crippen LogP contribution in [0.25, 0.3) is 22.9 Å². The average Bonchev–Trinajstić information content (AvgIpc) is 1.66. The van der Waals surface area contributed by atoms with Gasteiger partial charge in [-0.2, -0.15) is 28.0 Å². The molecule has 2 fully saturated rings. The van der Waals surface area contributed by atoms with Crippen LogP contribution >= 0.6 is 0 Å². The van der Waals surface area contributed by atoms with E-state index in [-0.39, 0.29) is 55.7 Å². The van der Waals surface area contributed by atoms with Crippen LogP contribution in [-0.2, 0) is 61.8 Å². The summed E-state index contributed by atoms with van der Waals surface area (Å²) >= 11 is 0. The summed E-state index contributed by atoms with van der Waals surface area (Å²) in [4.78, 5) is 73.8. The zero-order valence-electron chi connectivity index (χ0n) is 60.8. The van der Waals surface area contributed by atoms with Crippen LogP contribution in [0.4, 0.5) is 23.3 Å². The molecule has 0 radical (unpaired) electrons. The Morgan fingerprint density at radius 1 is 0.486 bits per heavy atom. The maximum Gasteiger partial charge on any atom is 0.332 e. The van der Waals surface area contributed by atoms with Gasteiger partial charge in [-0.3, -0.25) is 18.7 Å². The minimum absolute atomic E-state index is 0.0742. The molecule has 0 aliphatic carbocycles. The second-order valence-electron chi connectivity index (χ2n) is 26.2. The molecule has 11 rings (SSSR count). The maximum absolute atomic E-state index is 13.3. The van der Waals surface area contributed by atoms with Gasteiger partial charge in [0, 0.05) is 108 Å². The Morgan fingerprint density at radius 2 is 0.905 bits per heavy atom. The Labute approximate surface area is 609 Å². The quantitative estimate of drug-likeness (QED) is 0.0256. The van der Waals surface area contributed by atoms with Gasteiger partial charge in [0.2, 0.25) is 0 Å². The van der Waals surface area contributed by atoms with Crippen molar-refractivity contribution < 1.29 is 69.7 Å². The van der Waals surface area contributed by atoms with Gasteiger partial charge in [0.25, 0.3) is 21.9 Å². The number of hydrogen-bond donors (Lipinski definition) is 3. The van der Waals surface area contributed by atoms with Gasteiger partial charge in [-0.05, 0) is 110 Å². The number of nitrogens with zero attached hydrogens (tertiary/aromatic N) is 15. The molecule has 1 aromatic carbocycles. The largest absolute Gasteiger partial charge is 0.458 e. The number of ether oxygens (including phenoxy) is 8. The lowest BCUT2D eigenvalue weighted by Gasteiger charge is -2.34. The van der Waals surface area contributed by atoms with Crippen LogP contribution in [0.2, 0.25) is 0 Å². The molecular formula is C71H94N18O15S. The molecule has 8 aromatic heterocycles. The normalized spacial score (nSPS) is 13.6. The van der Waals surface area contributed by atoms with Crippen molar-refractivity contribution >= 4 is 68.4 Å². The predicted molar refractivity (Wildman–Crippen MR) is 389 cm³/mol. The van der Waals surface area contributed by atoms with Crippen molar-refractivity contribution in [2.24, 2.45) is 0 Å². The molecule has 0 spiro atoms. The predicted octanol–water partition coefficient (Wildman–Crippen LogP) is 5.76. The number of piperazine rings is 2. The first-order valence-corrected chi connectivity index (χ1v) is 35.9. The number of esters is 2. The number of amides is 2. The van der Waals surface area contributed by atoms with Gasteiger partial charge in [0.05, 0.1) is 90.0 Å². The van der Waals surface area contributed by atoms with E-state index in [9.17, 15) is 27.6 Å².